The Balaban J connectivity index is 2.03. The third kappa shape index (κ3) is 9.24. The second-order valence-electron chi connectivity index (χ2n) is 7.60. The lowest BCUT2D eigenvalue weighted by Gasteiger charge is -2.22. The maximum absolute atomic E-state index is 13.0. The van der Waals surface area contributed by atoms with E-state index in [-0.39, 0.29) is 19.4 Å². The zero-order chi connectivity index (χ0) is 24.9. The van der Waals surface area contributed by atoms with Gasteiger partial charge in [-0.3, -0.25) is 14.4 Å². The molecule has 0 aliphatic carbocycles. The molecule has 11 nitrogen and oxygen atoms in total. The van der Waals surface area contributed by atoms with Crippen LogP contribution in [0.15, 0.2) is 42.9 Å². The average Bonchev–Trinajstić information content (AvgIpc) is 3.33. The average molecular weight is 491 g/mol. The van der Waals surface area contributed by atoms with E-state index in [1.54, 1.807) is 36.0 Å². The largest absolute Gasteiger partial charge is 0.480 e. The quantitative estimate of drug-likeness (QED) is 0.204. The summed E-state index contributed by atoms with van der Waals surface area (Å²) in [5.41, 5.74) is 7.10. The lowest BCUT2D eigenvalue weighted by Crippen LogP contribution is -2.54. The van der Waals surface area contributed by atoms with Gasteiger partial charge in [0.2, 0.25) is 17.7 Å². The molecule has 7 N–H and O–H groups in total. The van der Waals surface area contributed by atoms with Crippen molar-refractivity contribution in [2.24, 2.45) is 5.73 Å². The summed E-state index contributed by atoms with van der Waals surface area (Å²) in [6.45, 7) is -0.360. The number of benzene rings is 1. The Morgan fingerprint density at radius 2 is 1.82 bits per heavy atom. The normalized spacial score (nSPS) is 13.4. The highest BCUT2D eigenvalue weighted by molar-refractivity contribution is 7.98. The van der Waals surface area contributed by atoms with Gasteiger partial charge in [0.15, 0.2) is 0 Å². The Bertz CT molecular complexity index is 941. The van der Waals surface area contributed by atoms with E-state index in [9.17, 15) is 24.3 Å². The molecule has 2 aromatic rings. The van der Waals surface area contributed by atoms with Gasteiger partial charge < -0.3 is 31.8 Å². The summed E-state index contributed by atoms with van der Waals surface area (Å²) < 4.78 is 0. The van der Waals surface area contributed by atoms with Gasteiger partial charge in [-0.25, -0.2) is 9.78 Å². The molecule has 0 saturated heterocycles. The van der Waals surface area contributed by atoms with Crippen LogP contribution in [-0.4, -0.2) is 75.4 Å². The number of imidazole rings is 1. The number of carboxylic acids is 1. The standard InChI is InChI=1S/C22H30N6O5S/c1-34-8-7-16(23)20(30)25-12-19(29)27-17(9-14-5-3-2-4-6-14)21(31)28-18(22(32)33)10-15-11-24-13-26-15/h2-6,11,13,16-18H,7-10,12,23H2,1H3,(H,24,26)(H,25,30)(H,27,29)(H,28,31)(H,32,33). The molecule has 12 heteroatoms. The molecule has 3 atom stereocenters. The molecule has 0 saturated carbocycles. The number of H-pyrrole nitrogens is 1. The van der Waals surface area contributed by atoms with E-state index in [0.29, 0.717) is 17.9 Å². The molecule has 0 spiro atoms. The van der Waals surface area contributed by atoms with Crippen molar-refractivity contribution in [1.29, 1.82) is 0 Å². The first-order valence-corrected chi connectivity index (χ1v) is 12.1. The molecule has 0 aliphatic rings. The second kappa shape index (κ2) is 14.0. The summed E-state index contributed by atoms with van der Waals surface area (Å²) in [5.74, 6) is -2.23. The summed E-state index contributed by atoms with van der Waals surface area (Å²) in [6, 6.07) is 5.97. The third-order valence-electron chi connectivity index (χ3n) is 4.92. The highest BCUT2D eigenvalue weighted by Crippen LogP contribution is 2.06. The van der Waals surface area contributed by atoms with Crippen LogP contribution in [-0.2, 0) is 32.0 Å². The van der Waals surface area contributed by atoms with Crippen LogP contribution in [0.3, 0.4) is 0 Å². The van der Waals surface area contributed by atoms with Crippen LogP contribution in [0.4, 0.5) is 0 Å². The molecule has 34 heavy (non-hydrogen) atoms. The highest BCUT2D eigenvalue weighted by atomic mass is 32.2. The predicted octanol–water partition coefficient (Wildman–Crippen LogP) is -0.554. The van der Waals surface area contributed by atoms with Gasteiger partial charge in [0.1, 0.15) is 12.1 Å². The number of hydrogen-bond donors (Lipinski definition) is 6. The molecular weight excluding hydrogens is 460 g/mol. The first-order chi connectivity index (χ1) is 16.3. The second-order valence-corrected chi connectivity index (χ2v) is 8.58. The predicted molar refractivity (Wildman–Crippen MR) is 128 cm³/mol. The first-order valence-electron chi connectivity index (χ1n) is 10.7. The third-order valence-corrected chi connectivity index (χ3v) is 5.56. The minimum Gasteiger partial charge on any atom is -0.480 e. The van der Waals surface area contributed by atoms with Gasteiger partial charge in [-0.1, -0.05) is 30.3 Å². The molecule has 1 aromatic heterocycles. The van der Waals surface area contributed by atoms with Crippen molar-refractivity contribution in [2.45, 2.75) is 37.4 Å². The molecule has 3 amide bonds. The number of nitrogens with one attached hydrogen (secondary N) is 4. The number of nitrogens with zero attached hydrogens (tertiary/aromatic N) is 1. The van der Waals surface area contributed by atoms with E-state index >= 15 is 0 Å². The first kappa shape index (κ1) is 26.9. The molecule has 0 aliphatic heterocycles. The van der Waals surface area contributed by atoms with Gasteiger partial charge in [-0.2, -0.15) is 11.8 Å². The van der Waals surface area contributed by atoms with E-state index in [1.165, 1.54) is 12.5 Å². The van der Waals surface area contributed by atoms with Crippen LogP contribution < -0.4 is 21.7 Å². The maximum Gasteiger partial charge on any atom is 0.326 e. The Morgan fingerprint density at radius 1 is 1.09 bits per heavy atom. The maximum atomic E-state index is 13.0. The van der Waals surface area contributed by atoms with Crippen molar-refractivity contribution in [2.75, 3.05) is 18.6 Å². The fourth-order valence-corrected chi connectivity index (χ4v) is 3.56. The summed E-state index contributed by atoms with van der Waals surface area (Å²) in [5, 5.41) is 17.1. The minimum atomic E-state index is -1.22. The highest BCUT2D eigenvalue weighted by Gasteiger charge is 2.27. The smallest absolute Gasteiger partial charge is 0.326 e. The Hall–Kier alpha value is -3.38. The van der Waals surface area contributed by atoms with Crippen LogP contribution >= 0.6 is 11.8 Å². The molecule has 0 bridgehead atoms. The molecular formula is C22H30N6O5S. The number of amides is 3. The zero-order valence-electron chi connectivity index (χ0n) is 18.8. The Kier molecular flexibility index (Phi) is 11.1. The zero-order valence-corrected chi connectivity index (χ0v) is 19.6. The molecule has 0 radical (unpaired) electrons. The van der Waals surface area contributed by atoms with Gasteiger partial charge in [0, 0.05) is 24.7 Å². The monoisotopic (exact) mass is 490 g/mol. The summed E-state index contributed by atoms with van der Waals surface area (Å²) in [6.07, 6.45) is 5.39. The van der Waals surface area contributed by atoms with Crippen molar-refractivity contribution in [3.05, 3.63) is 54.1 Å². The van der Waals surface area contributed by atoms with E-state index in [4.69, 9.17) is 5.73 Å². The van der Waals surface area contributed by atoms with Crippen molar-refractivity contribution < 1.29 is 24.3 Å². The SMILES string of the molecule is CSCCC(N)C(=O)NCC(=O)NC(Cc1ccccc1)C(=O)NC(Cc1cnc[nH]1)C(=O)O. The van der Waals surface area contributed by atoms with Gasteiger partial charge in [0.25, 0.3) is 0 Å². The number of thioether (sulfide) groups is 1. The fraction of sp³-hybridized carbons (Fsp3) is 0.409. The number of carbonyl (C=O) groups excluding carboxylic acids is 3. The van der Waals surface area contributed by atoms with Crippen molar-refractivity contribution in [1.82, 2.24) is 25.9 Å². The Morgan fingerprint density at radius 3 is 2.44 bits per heavy atom. The Labute approximate surface area is 201 Å². The molecule has 2 rings (SSSR count). The number of aromatic amines is 1. The number of carboxylic acid groups (broad SMARTS) is 1. The van der Waals surface area contributed by atoms with E-state index < -0.39 is 41.8 Å². The van der Waals surface area contributed by atoms with Gasteiger partial charge in [-0.15, -0.1) is 0 Å². The van der Waals surface area contributed by atoms with Gasteiger partial charge >= 0.3 is 5.97 Å². The number of aromatic nitrogens is 2. The van der Waals surface area contributed by atoms with Crippen LogP contribution in [0, 0.1) is 0 Å². The number of aliphatic carboxylic acids is 1. The van der Waals surface area contributed by atoms with Crippen molar-refractivity contribution in [3.8, 4) is 0 Å². The van der Waals surface area contributed by atoms with Gasteiger partial charge in [0.05, 0.1) is 18.9 Å². The molecule has 0 fully saturated rings. The van der Waals surface area contributed by atoms with Crippen LogP contribution in [0.2, 0.25) is 0 Å². The summed E-state index contributed by atoms with van der Waals surface area (Å²) in [7, 11) is 0. The van der Waals surface area contributed by atoms with Crippen LogP contribution in [0.5, 0.6) is 0 Å². The number of nitrogens with two attached hydrogens (primary N) is 1. The summed E-state index contributed by atoms with van der Waals surface area (Å²) in [4.78, 5) is 55.8. The van der Waals surface area contributed by atoms with Crippen molar-refractivity contribution in [3.63, 3.8) is 0 Å². The fourth-order valence-electron chi connectivity index (χ4n) is 3.07. The van der Waals surface area contributed by atoms with E-state index in [2.05, 4.69) is 25.9 Å². The number of rotatable bonds is 14. The van der Waals surface area contributed by atoms with Gasteiger partial charge in [-0.05, 0) is 24.0 Å². The lowest BCUT2D eigenvalue weighted by molar-refractivity contribution is -0.142. The van der Waals surface area contributed by atoms with Crippen molar-refractivity contribution >= 4 is 35.5 Å². The lowest BCUT2D eigenvalue weighted by atomic mass is 10.0. The van der Waals surface area contributed by atoms with Crippen LogP contribution in [0.1, 0.15) is 17.7 Å². The van der Waals surface area contributed by atoms with Crippen LogP contribution in [0.25, 0.3) is 0 Å². The minimum absolute atomic E-state index is 0.00291. The number of hydrogen-bond acceptors (Lipinski definition) is 7. The molecule has 1 heterocycles. The molecule has 1 aromatic carbocycles. The van der Waals surface area contributed by atoms with E-state index in [1.807, 2.05) is 12.3 Å². The molecule has 3 unspecified atom stereocenters. The topological polar surface area (TPSA) is 179 Å². The molecule has 184 valence electrons. The summed E-state index contributed by atoms with van der Waals surface area (Å²) >= 11 is 1.56. The van der Waals surface area contributed by atoms with E-state index in [0.717, 1.165) is 5.56 Å². The number of carbonyl (C=O) groups is 4.